The fourth-order valence-corrected chi connectivity index (χ4v) is 4.73. The number of aliphatic hydroxyl groups is 1. The molecule has 7 heteroatoms. The summed E-state index contributed by atoms with van der Waals surface area (Å²) >= 11 is 0. The van der Waals surface area contributed by atoms with E-state index in [1.165, 1.54) is 0 Å². The lowest BCUT2D eigenvalue weighted by Crippen LogP contribution is -2.28. The highest BCUT2D eigenvalue weighted by Crippen LogP contribution is 2.13. The molecule has 13 heavy (non-hydrogen) atoms. The van der Waals surface area contributed by atoms with E-state index in [1.54, 1.807) is 0 Å². The standard InChI is InChI=1S/C6H14O5S2/c1-12(8,9)6(4-3-5-7)13(2,10)11/h6-7H,3-5H2,1-2H3. The van der Waals surface area contributed by atoms with E-state index < -0.39 is 24.3 Å². The van der Waals surface area contributed by atoms with Gasteiger partial charge in [-0.05, 0) is 12.8 Å². The van der Waals surface area contributed by atoms with Gasteiger partial charge < -0.3 is 5.11 Å². The Morgan fingerprint density at radius 1 is 1.08 bits per heavy atom. The van der Waals surface area contributed by atoms with Gasteiger partial charge in [0.15, 0.2) is 24.3 Å². The number of hydrogen-bond donors (Lipinski definition) is 1. The first kappa shape index (κ1) is 12.9. The third-order valence-electron chi connectivity index (χ3n) is 1.55. The summed E-state index contributed by atoms with van der Waals surface area (Å²) in [5.41, 5.74) is 0. The predicted octanol–water partition coefficient (Wildman–Crippen LogP) is -0.826. The largest absolute Gasteiger partial charge is 0.396 e. The second-order valence-electron chi connectivity index (χ2n) is 2.95. The van der Waals surface area contributed by atoms with Crippen LogP contribution >= 0.6 is 0 Å². The molecule has 0 saturated carbocycles. The number of hydrogen-bond acceptors (Lipinski definition) is 5. The van der Waals surface area contributed by atoms with Crippen molar-refractivity contribution in [2.45, 2.75) is 17.4 Å². The van der Waals surface area contributed by atoms with Gasteiger partial charge in [0.25, 0.3) is 0 Å². The molecular weight excluding hydrogens is 216 g/mol. The number of rotatable bonds is 5. The quantitative estimate of drug-likeness (QED) is 0.666. The van der Waals surface area contributed by atoms with Crippen LogP contribution in [0.15, 0.2) is 0 Å². The van der Waals surface area contributed by atoms with Gasteiger partial charge in [0, 0.05) is 19.1 Å². The molecule has 0 fully saturated rings. The fraction of sp³-hybridized carbons (Fsp3) is 1.00. The van der Waals surface area contributed by atoms with Crippen molar-refractivity contribution in [1.82, 2.24) is 0 Å². The SMILES string of the molecule is CS(=O)(=O)C(CCCO)S(C)(=O)=O. The molecule has 5 nitrogen and oxygen atoms in total. The number of sulfone groups is 2. The highest BCUT2D eigenvalue weighted by atomic mass is 32.3. The van der Waals surface area contributed by atoms with E-state index in [4.69, 9.17) is 5.11 Å². The highest BCUT2D eigenvalue weighted by Gasteiger charge is 2.30. The lowest BCUT2D eigenvalue weighted by atomic mass is 10.4. The maximum absolute atomic E-state index is 11.0. The van der Waals surface area contributed by atoms with E-state index >= 15 is 0 Å². The summed E-state index contributed by atoms with van der Waals surface area (Å²) in [4.78, 5) is 0. The Labute approximate surface area is 78.6 Å². The summed E-state index contributed by atoms with van der Waals surface area (Å²) in [6, 6.07) is 0. The molecule has 0 saturated heterocycles. The summed E-state index contributed by atoms with van der Waals surface area (Å²) in [5.74, 6) is 0. The van der Waals surface area contributed by atoms with E-state index in [0.717, 1.165) is 12.5 Å². The van der Waals surface area contributed by atoms with Crippen molar-refractivity contribution in [1.29, 1.82) is 0 Å². The Morgan fingerprint density at radius 3 is 1.69 bits per heavy atom. The molecule has 0 aromatic rings. The van der Waals surface area contributed by atoms with Crippen molar-refractivity contribution >= 4 is 19.7 Å². The average Bonchev–Trinajstić information content (AvgIpc) is 1.81. The smallest absolute Gasteiger partial charge is 0.164 e. The van der Waals surface area contributed by atoms with Gasteiger partial charge in [0.1, 0.15) is 0 Å². The Kier molecular flexibility index (Phi) is 4.34. The van der Waals surface area contributed by atoms with Crippen molar-refractivity contribution in [3.05, 3.63) is 0 Å². The van der Waals surface area contributed by atoms with E-state index in [1.807, 2.05) is 0 Å². The van der Waals surface area contributed by atoms with Crippen molar-refractivity contribution in [2.24, 2.45) is 0 Å². The Balaban J connectivity index is 4.81. The first-order chi connectivity index (χ1) is 5.69. The Hall–Kier alpha value is -0.140. The third kappa shape index (κ3) is 4.58. The molecule has 0 rings (SSSR count). The van der Waals surface area contributed by atoms with Gasteiger partial charge in [-0.2, -0.15) is 0 Å². The molecule has 1 N–H and O–H groups in total. The highest BCUT2D eigenvalue weighted by molar-refractivity contribution is 8.08. The van der Waals surface area contributed by atoms with Crippen LogP contribution in [0.2, 0.25) is 0 Å². The van der Waals surface area contributed by atoms with E-state index in [-0.39, 0.29) is 19.4 Å². The molecule has 0 unspecified atom stereocenters. The number of aliphatic hydroxyl groups excluding tert-OH is 1. The molecule has 0 radical (unpaired) electrons. The molecule has 80 valence electrons. The molecule has 0 atom stereocenters. The van der Waals surface area contributed by atoms with Gasteiger partial charge in [0.05, 0.1) is 0 Å². The minimum atomic E-state index is -3.59. The Bertz CT molecular complexity index is 307. The first-order valence-electron chi connectivity index (χ1n) is 3.68. The summed E-state index contributed by atoms with van der Waals surface area (Å²) in [6.45, 7) is -0.207. The molecule has 0 heterocycles. The summed E-state index contributed by atoms with van der Waals surface area (Å²) in [6.07, 6.45) is 1.89. The van der Waals surface area contributed by atoms with Crippen LogP contribution in [0.3, 0.4) is 0 Å². The lowest BCUT2D eigenvalue weighted by molar-refractivity contribution is 0.286. The zero-order valence-corrected chi connectivity index (χ0v) is 9.23. The van der Waals surface area contributed by atoms with Crippen LogP contribution in [-0.2, 0) is 19.7 Å². The molecule has 0 aliphatic heterocycles. The minimum Gasteiger partial charge on any atom is -0.396 e. The monoisotopic (exact) mass is 230 g/mol. The van der Waals surface area contributed by atoms with Gasteiger partial charge in [-0.3, -0.25) is 0 Å². The lowest BCUT2D eigenvalue weighted by Gasteiger charge is -2.11. The maximum Gasteiger partial charge on any atom is 0.164 e. The molecule has 0 aromatic carbocycles. The van der Waals surface area contributed by atoms with Gasteiger partial charge in [0.2, 0.25) is 0 Å². The summed E-state index contributed by atoms with van der Waals surface area (Å²) in [5, 5.41) is 8.46. The summed E-state index contributed by atoms with van der Waals surface area (Å²) < 4.78 is 42.7. The van der Waals surface area contributed by atoms with E-state index in [9.17, 15) is 16.8 Å². The van der Waals surface area contributed by atoms with Crippen LogP contribution in [0, 0.1) is 0 Å². The van der Waals surface area contributed by atoms with Crippen LogP contribution in [0.5, 0.6) is 0 Å². The molecule has 0 aliphatic carbocycles. The zero-order chi connectivity index (χ0) is 10.7. The Morgan fingerprint density at radius 2 is 1.46 bits per heavy atom. The molecule has 0 spiro atoms. The van der Waals surface area contributed by atoms with Crippen LogP contribution < -0.4 is 0 Å². The first-order valence-corrected chi connectivity index (χ1v) is 7.59. The minimum absolute atomic E-state index is 0.0475. The van der Waals surface area contributed by atoms with E-state index in [0.29, 0.717) is 0 Å². The molecule has 0 aliphatic rings. The van der Waals surface area contributed by atoms with Crippen LogP contribution in [0.1, 0.15) is 12.8 Å². The van der Waals surface area contributed by atoms with Crippen LogP contribution in [0.25, 0.3) is 0 Å². The van der Waals surface area contributed by atoms with Crippen molar-refractivity contribution in [3.8, 4) is 0 Å². The fourth-order valence-electron chi connectivity index (χ4n) is 1.00. The normalized spacial score (nSPS) is 13.5. The van der Waals surface area contributed by atoms with Crippen molar-refractivity contribution in [2.75, 3.05) is 19.1 Å². The van der Waals surface area contributed by atoms with Crippen molar-refractivity contribution < 1.29 is 21.9 Å². The van der Waals surface area contributed by atoms with Gasteiger partial charge >= 0.3 is 0 Å². The zero-order valence-electron chi connectivity index (χ0n) is 7.60. The molecular formula is C6H14O5S2. The van der Waals surface area contributed by atoms with E-state index in [2.05, 4.69) is 0 Å². The van der Waals surface area contributed by atoms with Crippen molar-refractivity contribution in [3.63, 3.8) is 0 Å². The molecule has 0 bridgehead atoms. The summed E-state index contributed by atoms with van der Waals surface area (Å²) in [7, 11) is -7.19. The van der Waals surface area contributed by atoms with Crippen LogP contribution in [0.4, 0.5) is 0 Å². The van der Waals surface area contributed by atoms with Crippen LogP contribution in [-0.4, -0.2) is 45.6 Å². The molecule has 0 aromatic heterocycles. The second kappa shape index (κ2) is 4.39. The third-order valence-corrected chi connectivity index (χ3v) is 6.03. The predicted molar refractivity (Wildman–Crippen MR) is 49.8 cm³/mol. The molecule has 0 amide bonds. The van der Waals surface area contributed by atoms with Gasteiger partial charge in [-0.1, -0.05) is 0 Å². The van der Waals surface area contributed by atoms with Gasteiger partial charge in [-0.25, -0.2) is 16.8 Å². The topological polar surface area (TPSA) is 88.5 Å². The maximum atomic E-state index is 11.0. The van der Waals surface area contributed by atoms with Gasteiger partial charge in [-0.15, -0.1) is 0 Å². The second-order valence-corrected chi connectivity index (χ2v) is 7.71. The average molecular weight is 230 g/mol.